The van der Waals surface area contributed by atoms with Gasteiger partial charge in [-0.15, -0.1) is 0 Å². The van der Waals surface area contributed by atoms with E-state index in [1.807, 2.05) is 0 Å². The molecule has 16 rings (SSSR count). The van der Waals surface area contributed by atoms with Crippen LogP contribution in [0.2, 0.25) is 0 Å². The van der Waals surface area contributed by atoms with Gasteiger partial charge >= 0.3 is 0 Å². The topological polar surface area (TPSA) is 119 Å². The molecular weight excluding hydrogens is 1220 g/mol. The zero-order chi connectivity index (χ0) is 68.1. The summed E-state index contributed by atoms with van der Waals surface area (Å²) in [7, 11) is 0. The smallest absolute Gasteiger partial charge is 0.260 e. The molecule has 0 fully saturated rings. The van der Waals surface area contributed by atoms with E-state index in [0.29, 0.717) is 0 Å². The van der Waals surface area contributed by atoms with Crippen molar-refractivity contribution in [1.29, 1.82) is 0 Å². The van der Waals surface area contributed by atoms with Gasteiger partial charge in [0.15, 0.2) is 12.4 Å². The summed E-state index contributed by atoms with van der Waals surface area (Å²) in [4.78, 5) is 42.4. The summed E-state index contributed by atoms with van der Waals surface area (Å²) in [6.45, 7) is 18.2. The molecule has 0 radical (unpaired) electrons. The molecule has 12 heterocycles. The molecule has 16 bridgehead atoms. The fourth-order valence-corrected chi connectivity index (χ4v) is 16.0. The summed E-state index contributed by atoms with van der Waals surface area (Å²) >= 11 is 0. The van der Waals surface area contributed by atoms with Crippen LogP contribution in [0.1, 0.15) is 139 Å². The molecule has 10 nitrogen and oxygen atoms in total. The largest absolute Gasteiger partial charge is 0.354 e. The molecule has 0 amide bonds. The number of benzene rings is 4. The molecule has 10 heteroatoms. The van der Waals surface area contributed by atoms with Gasteiger partial charge in [0, 0.05) is 63.5 Å². The molecule has 0 atom stereocenters. The second-order valence-corrected chi connectivity index (χ2v) is 26.1. The third-order valence-corrected chi connectivity index (χ3v) is 20.6. The number of nitrogens with one attached hydrogen (secondary N) is 3. The molecule has 7 aliphatic heterocycles. The first-order chi connectivity index (χ1) is 49.2. The molecule has 4 aromatic carbocycles. The third kappa shape index (κ3) is 11.0. The van der Waals surface area contributed by atoms with Crippen molar-refractivity contribution in [3.8, 4) is 44.5 Å². The zero-order valence-corrected chi connectivity index (χ0v) is 58.2. The van der Waals surface area contributed by atoms with Crippen LogP contribution in [0.5, 0.6) is 0 Å². The highest BCUT2D eigenvalue weighted by atomic mass is 15.1. The molecular formula is C90H81N10+. The molecule has 9 aromatic rings. The number of H-pyrrole nitrogens is 3. The maximum atomic E-state index is 5.78. The van der Waals surface area contributed by atoms with Crippen molar-refractivity contribution in [2.75, 3.05) is 4.90 Å². The van der Waals surface area contributed by atoms with Crippen LogP contribution in [0, 0.1) is 5.71 Å². The first-order valence-electron chi connectivity index (χ1n) is 35.9. The first kappa shape index (κ1) is 63.1. The minimum atomic E-state index is 0.828. The second kappa shape index (κ2) is 26.7. The lowest BCUT2D eigenvalue weighted by Gasteiger charge is -2.19. The van der Waals surface area contributed by atoms with Gasteiger partial charge < -0.3 is 19.9 Å². The summed E-state index contributed by atoms with van der Waals surface area (Å²) < 4.78 is 2.31. The Morgan fingerprint density at radius 1 is 0.380 bits per heavy atom. The van der Waals surface area contributed by atoms with Crippen LogP contribution in [0.15, 0.2) is 266 Å². The molecule has 7 aliphatic rings. The highest BCUT2D eigenvalue weighted by molar-refractivity contribution is 6.19. The lowest BCUT2D eigenvalue weighted by molar-refractivity contribution is -0.515. The van der Waals surface area contributed by atoms with Crippen molar-refractivity contribution in [1.82, 2.24) is 24.9 Å². The van der Waals surface area contributed by atoms with Gasteiger partial charge in [-0.1, -0.05) is 177 Å². The van der Waals surface area contributed by atoms with Crippen LogP contribution in [-0.2, 0) is 12.8 Å². The van der Waals surface area contributed by atoms with Crippen molar-refractivity contribution in [2.45, 2.75) is 107 Å². The molecule has 5 aromatic heterocycles. The fraction of sp³-hybridized carbons (Fsp3) is 0.178. The maximum Gasteiger partial charge on any atom is 0.260 e. The first-order valence-corrected chi connectivity index (χ1v) is 35.9. The van der Waals surface area contributed by atoms with E-state index in [0.717, 1.165) is 209 Å². The molecule has 3 N–H and O–H groups in total. The average molecular weight is 1300 g/mol. The molecule has 100 heavy (non-hydrogen) atoms. The Labute approximate surface area is 585 Å². The van der Waals surface area contributed by atoms with Crippen LogP contribution in [-0.4, -0.2) is 42.1 Å². The van der Waals surface area contributed by atoms with Gasteiger partial charge in [-0.3, -0.25) is 0 Å². The van der Waals surface area contributed by atoms with Crippen molar-refractivity contribution >= 4 is 80.8 Å². The lowest BCUT2D eigenvalue weighted by Crippen LogP contribution is -2.31. The zero-order valence-electron chi connectivity index (χ0n) is 58.2. The molecule has 0 spiro atoms. The Morgan fingerprint density at radius 3 is 1.28 bits per heavy atom. The van der Waals surface area contributed by atoms with E-state index >= 15 is 0 Å². The lowest BCUT2D eigenvalue weighted by atomic mass is 9.93. The fourth-order valence-electron chi connectivity index (χ4n) is 16.0. The molecule has 490 valence electrons. The summed E-state index contributed by atoms with van der Waals surface area (Å²) in [5, 5.41) is 1.09. The monoisotopic (exact) mass is 1300 g/mol. The normalized spacial score (nSPS) is 15.5. The second-order valence-electron chi connectivity index (χ2n) is 26.1. The Kier molecular flexibility index (Phi) is 16.8. The highest BCUT2D eigenvalue weighted by Gasteiger charge is 2.36. The van der Waals surface area contributed by atoms with E-state index in [9.17, 15) is 0 Å². The van der Waals surface area contributed by atoms with Gasteiger partial charge in [-0.2, -0.15) is 4.24 Å². The maximum absolute atomic E-state index is 5.78. The van der Waals surface area contributed by atoms with E-state index in [2.05, 4.69) is 311 Å². The number of anilines is 1. The standard InChI is InChI=1S/C90H80N10/c1-9-61-63(11-3)77-52-79-65(13-5)67(15-7)87(96-79)90(88-68(16-8)66(14-6)80(97-88)53-78-64(12-4)62(10-2)76(95-78)51-75(61)94-77)100-49-45-56(46-50-100)55-43-47-99(48-44-55)82-54-81-85(59-33-25-19-26-34-59)73-40-39-71(92-73)83(57-29-21-17-22-30-57)69-37-38-70(91-69)84(58-31-23-18-24-32-58)72-41-42-74(93-72)86(89(82)98-81)60-35-27-20-28-36-60/h17-54H,9-16H2,1-8H3,(H2,91,92,93,94,95,96,97,98)/p+1. The quantitative estimate of drug-likeness (QED) is 0.0998. The number of pyridine rings is 1. The van der Waals surface area contributed by atoms with Gasteiger partial charge in [0.2, 0.25) is 0 Å². The van der Waals surface area contributed by atoms with Crippen LogP contribution < -0.4 is 14.4 Å². The summed E-state index contributed by atoms with van der Waals surface area (Å²) in [6.07, 6.45) is 35.8. The van der Waals surface area contributed by atoms with Crippen molar-refractivity contribution in [3.05, 3.63) is 308 Å². The van der Waals surface area contributed by atoms with Crippen LogP contribution in [0.3, 0.4) is 0 Å². The van der Waals surface area contributed by atoms with Gasteiger partial charge in [-0.25, -0.2) is 24.9 Å². The van der Waals surface area contributed by atoms with E-state index in [1.54, 1.807) is 0 Å². The molecule has 0 aliphatic carbocycles. The van der Waals surface area contributed by atoms with Gasteiger partial charge in [-0.05, 0) is 202 Å². The minimum absolute atomic E-state index is 0.828. The number of nitrogens with zero attached hydrogens (tertiary/aromatic N) is 7. The SMILES string of the molecule is CCC1=C(CC)C2=NC1=Cc1[nH]c(c(CC)c1CC)C(=[n+]1ccc(=C3C=CN(c4cc5[nH]c4c(-c4ccccc4)c4nc(c(-c6ccccc6)c6ccc([nH]6)c(-c6ccccc6)c6nc(c5-c5ccccc5)C=C6)C=C4)C=C3)cc1)C1=NC(=CC3=NC(=C2)C(CC)=C3CC)C(CC)=C1CC. The molecule has 0 saturated carbocycles. The average Bonchev–Trinajstić information content (AvgIpc) is 1.60. The van der Waals surface area contributed by atoms with Gasteiger partial charge in [0.1, 0.15) is 11.4 Å². The Balaban J connectivity index is 0.905. The Hall–Kier alpha value is -11.6. The van der Waals surface area contributed by atoms with E-state index in [-0.39, 0.29) is 0 Å². The van der Waals surface area contributed by atoms with Crippen molar-refractivity contribution in [2.24, 2.45) is 15.0 Å². The number of aromatic amines is 3. The van der Waals surface area contributed by atoms with E-state index < -0.39 is 0 Å². The summed E-state index contributed by atoms with van der Waals surface area (Å²) in [6, 6.07) is 53.7. The van der Waals surface area contributed by atoms with Gasteiger partial charge in [0.25, 0.3) is 5.71 Å². The predicted octanol–water partition coefficient (Wildman–Crippen LogP) is 21.0. The van der Waals surface area contributed by atoms with Crippen LogP contribution in [0.25, 0.3) is 103 Å². The van der Waals surface area contributed by atoms with E-state index in [1.165, 1.54) is 44.6 Å². The van der Waals surface area contributed by atoms with Gasteiger partial charge in [0.05, 0.1) is 68.0 Å². The number of hydrogen-bond donors (Lipinski definition) is 3. The Morgan fingerprint density at radius 2 is 0.810 bits per heavy atom. The number of aromatic nitrogens is 6. The number of fused-ring (bicyclic) bond motifs is 13. The van der Waals surface area contributed by atoms with Crippen molar-refractivity contribution in [3.63, 3.8) is 0 Å². The number of allylic oxidation sites excluding steroid dienone is 10. The molecule has 0 unspecified atom stereocenters. The van der Waals surface area contributed by atoms with Crippen LogP contribution >= 0.6 is 0 Å². The summed E-state index contributed by atoms with van der Waals surface area (Å²) in [5.74, 6) is 0. The van der Waals surface area contributed by atoms with E-state index in [4.69, 9.17) is 24.9 Å². The predicted molar refractivity (Wildman–Crippen MR) is 418 cm³/mol. The number of aliphatic imine (C=N–C) groups is 3. The molecule has 0 saturated heterocycles. The minimum Gasteiger partial charge on any atom is -0.354 e. The van der Waals surface area contributed by atoms with Crippen LogP contribution in [0.4, 0.5) is 5.69 Å². The third-order valence-electron chi connectivity index (χ3n) is 20.6. The summed E-state index contributed by atoms with van der Waals surface area (Å²) in [5.41, 5.74) is 37.1. The Bertz CT molecular complexity index is 5600. The highest BCUT2D eigenvalue weighted by Crippen LogP contribution is 2.45. The number of hydrogen-bond acceptors (Lipinski definition) is 6. The number of rotatable bonds is 13. The van der Waals surface area contributed by atoms with Crippen molar-refractivity contribution < 1.29 is 4.24 Å².